The number of allylic oxidation sites excluding steroid dienone is 1. The van der Waals surface area contributed by atoms with Crippen molar-refractivity contribution in [1.82, 2.24) is 18.7 Å². The molecule has 0 bridgehead atoms. The highest BCUT2D eigenvalue weighted by molar-refractivity contribution is 9.15. The summed E-state index contributed by atoms with van der Waals surface area (Å²) in [6, 6.07) is 9.71. The van der Waals surface area contributed by atoms with Gasteiger partial charge in [-0.25, -0.2) is 10.2 Å². The van der Waals surface area contributed by atoms with Gasteiger partial charge in [-0.3, -0.25) is 13.9 Å². The molecule has 2 aromatic heterocycles. The number of aryl methyl sites for hydroxylation is 1. The van der Waals surface area contributed by atoms with Gasteiger partial charge in [0.15, 0.2) is 11.2 Å². The summed E-state index contributed by atoms with van der Waals surface area (Å²) in [4.78, 5) is 28.9. The number of hydrogen-bond donors (Lipinski definition) is 2. The topological polar surface area (TPSA) is 106 Å². The molecule has 2 N–H and O–H groups in total. The molecule has 0 aliphatic carbocycles. The summed E-state index contributed by atoms with van der Waals surface area (Å²) < 4.78 is 4.64. The zero-order valence-corrected chi connectivity index (χ0v) is 16.9. The van der Waals surface area contributed by atoms with Crippen LogP contribution in [0.4, 0.5) is 5.95 Å². The van der Waals surface area contributed by atoms with Crippen LogP contribution in [0.1, 0.15) is 5.56 Å². The molecule has 0 radical (unpaired) electrons. The number of aliphatic hydroxyl groups excluding tert-OH is 1. The molecule has 0 aliphatic heterocycles. The minimum absolute atomic E-state index is 0.130. The Balaban J connectivity index is 1.96. The fourth-order valence-electron chi connectivity index (χ4n) is 2.74. The Labute approximate surface area is 168 Å². The first-order valence-corrected chi connectivity index (χ1v) is 9.22. The van der Waals surface area contributed by atoms with E-state index in [-0.39, 0.29) is 30.3 Å². The Morgan fingerprint density at radius 2 is 1.96 bits per heavy atom. The van der Waals surface area contributed by atoms with Crippen molar-refractivity contribution in [2.24, 2.45) is 19.2 Å². The molecule has 3 aromatic rings. The maximum atomic E-state index is 12.5. The van der Waals surface area contributed by atoms with Gasteiger partial charge in [-0.1, -0.05) is 46.3 Å². The first-order chi connectivity index (χ1) is 13.5. The molecule has 3 rings (SSSR count). The number of aliphatic hydroxyl groups is 1. The first kappa shape index (κ1) is 19.8. The summed E-state index contributed by atoms with van der Waals surface area (Å²) in [5.74, 6) is 0.253. The largest absolute Gasteiger partial charge is 0.395 e. The van der Waals surface area contributed by atoms with Crippen LogP contribution in [0, 0.1) is 0 Å². The predicted molar refractivity (Wildman–Crippen MR) is 113 cm³/mol. The quantitative estimate of drug-likeness (QED) is 0.437. The average Bonchev–Trinajstić information content (AvgIpc) is 3.07. The molecule has 2 heterocycles. The summed E-state index contributed by atoms with van der Waals surface area (Å²) in [6.45, 7) is -0.0688. The second-order valence-electron chi connectivity index (χ2n) is 5.96. The van der Waals surface area contributed by atoms with Crippen molar-refractivity contribution < 1.29 is 5.11 Å². The van der Waals surface area contributed by atoms with Crippen LogP contribution >= 0.6 is 15.9 Å². The normalized spacial score (nSPS) is 12.2. The highest BCUT2D eigenvalue weighted by atomic mass is 79.9. The van der Waals surface area contributed by atoms with E-state index < -0.39 is 11.2 Å². The standard InChI is InChI=1S/C18H19BrN6O3/c1-23-15-14(16(27)24(2)18(23)28)25(10-11-26)17(21-15)22-20-9-8-13(19)12-6-4-3-5-7-12/h3-9,26H,10-11H2,1-2H3,(H,21,22)/b13-8+,20-9-. The molecule has 10 heteroatoms. The number of hydrazone groups is 1. The van der Waals surface area contributed by atoms with Crippen LogP contribution in [0.2, 0.25) is 0 Å². The summed E-state index contributed by atoms with van der Waals surface area (Å²) >= 11 is 3.48. The van der Waals surface area contributed by atoms with Crippen LogP contribution < -0.4 is 16.7 Å². The zero-order valence-electron chi connectivity index (χ0n) is 15.3. The smallest absolute Gasteiger partial charge is 0.332 e. The molecule has 0 saturated carbocycles. The Morgan fingerprint density at radius 3 is 2.64 bits per heavy atom. The lowest BCUT2D eigenvalue weighted by Gasteiger charge is -2.07. The van der Waals surface area contributed by atoms with Crippen molar-refractivity contribution in [2.45, 2.75) is 6.54 Å². The van der Waals surface area contributed by atoms with Gasteiger partial charge < -0.3 is 9.67 Å². The van der Waals surface area contributed by atoms with E-state index in [0.29, 0.717) is 0 Å². The number of nitrogens with zero attached hydrogens (tertiary/aromatic N) is 5. The van der Waals surface area contributed by atoms with Crippen LogP contribution in [0.15, 0.2) is 51.1 Å². The Hall–Kier alpha value is -2.98. The zero-order chi connectivity index (χ0) is 20.3. The number of nitrogens with one attached hydrogen (secondary N) is 1. The van der Waals surface area contributed by atoms with E-state index in [2.05, 4.69) is 31.4 Å². The molecule has 0 unspecified atom stereocenters. The second-order valence-corrected chi connectivity index (χ2v) is 6.81. The molecule has 0 spiro atoms. The molecule has 0 amide bonds. The molecule has 9 nitrogen and oxygen atoms in total. The van der Waals surface area contributed by atoms with Crippen molar-refractivity contribution >= 4 is 43.7 Å². The molecule has 28 heavy (non-hydrogen) atoms. The number of fused-ring (bicyclic) bond motifs is 1. The molecule has 0 saturated heterocycles. The average molecular weight is 447 g/mol. The number of rotatable bonds is 6. The number of halogens is 1. The highest BCUT2D eigenvalue weighted by Crippen LogP contribution is 2.19. The lowest BCUT2D eigenvalue weighted by molar-refractivity contribution is 0.278. The van der Waals surface area contributed by atoms with Crippen LogP contribution in [-0.4, -0.2) is 36.6 Å². The molecular weight excluding hydrogens is 428 g/mol. The van der Waals surface area contributed by atoms with Gasteiger partial charge in [-0.05, 0) is 11.6 Å². The van der Waals surface area contributed by atoms with E-state index in [0.717, 1.165) is 14.6 Å². The third-order valence-electron chi connectivity index (χ3n) is 4.18. The van der Waals surface area contributed by atoms with E-state index in [9.17, 15) is 14.7 Å². The molecule has 0 atom stereocenters. The molecular formula is C18H19BrN6O3. The third-order valence-corrected chi connectivity index (χ3v) is 4.90. The fraction of sp³-hybridized carbons (Fsp3) is 0.222. The Morgan fingerprint density at radius 1 is 1.25 bits per heavy atom. The van der Waals surface area contributed by atoms with Crippen molar-refractivity contribution in [2.75, 3.05) is 12.0 Å². The van der Waals surface area contributed by atoms with Crippen LogP contribution in [0.25, 0.3) is 15.6 Å². The first-order valence-electron chi connectivity index (χ1n) is 8.43. The summed E-state index contributed by atoms with van der Waals surface area (Å²) in [5.41, 5.74) is 3.25. The van der Waals surface area contributed by atoms with E-state index in [4.69, 9.17) is 0 Å². The Kier molecular flexibility index (Phi) is 5.90. The molecule has 1 aromatic carbocycles. The minimum Gasteiger partial charge on any atom is -0.395 e. The van der Waals surface area contributed by atoms with Crippen molar-refractivity contribution in [1.29, 1.82) is 0 Å². The Bertz CT molecular complexity index is 1170. The van der Waals surface area contributed by atoms with E-state index in [1.807, 2.05) is 30.3 Å². The maximum Gasteiger partial charge on any atom is 0.332 e. The fourth-order valence-corrected chi connectivity index (χ4v) is 3.12. The SMILES string of the molecule is Cn1c(=O)c2c(nc(N/N=C\C=C(\Br)c3ccccc3)n2CCO)n(C)c1=O. The van der Waals surface area contributed by atoms with Crippen LogP contribution in [0.5, 0.6) is 0 Å². The van der Waals surface area contributed by atoms with Crippen LogP contribution in [0.3, 0.4) is 0 Å². The summed E-state index contributed by atoms with van der Waals surface area (Å²) in [5, 5.41) is 13.5. The number of anilines is 1. The third kappa shape index (κ3) is 3.69. The lowest BCUT2D eigenvalue weighted by Crippen LogP contribution is -2.37. The van der Waals surface area contributed by atoms with E-state index in [1.165, 1.54) is 29.4 Å². The van der Waals surface area contributed by atoms with Gasteiger partial charge in [0.05, 0.1) is 6.61 Å². The predicted octanol–water partition coefficient (Wildman–Crippen LogP) is 1.26. The van der Waals surface area contributed by atoms with Crippen LogP contribution in [-0.2, 0) is 20.6 Å². The van der Waals surface area contributed by atoms with Crippen molar-refractivity contribution in [3.63, 3.8) is 0 Å². The van der Waals surface area contributed by atoms with E-state index >= 15 is 0 Å². The number of aromatic nitrogens is 4. The monoisotopic (exact) mass is 446 g/mol. The number of benzene rings is 1. The van der Waals surface area contributed by atoms with Gasteiger partial charge in [-0.15, -0.1) is 0 Å². The van der Waals surface area contributed by atoms with Gasteiger partial charge in [0.1, 0.15) is 0 Å². The molecule has 0 aliphatic rings. The number of imidazole rings is 1. The maximum absolute atomic E-state index is 12.5. The summed E-state index contributed by atoms with van der Waals surface area (Å²) in [7, 11) is 2.94. The van der Waals surface area contributed by atoms with Gasteiger partial charge in [-0.2, -0.15) is 10.1 Å². The van der Waals surface area contributed by atoms with Gasteiger partial charge in [0.25, 0.3) is 5.56 Å². The molecule has 146 valence electrons. The van der Waals surface area contributed by atoms with Gasteiger partial charge >= 0.3 is 5.69 Å². The van der Waals surface area contributed by atoms with Gasteiger partial charge in [0.2, 0.25) is 5.95 Å². The highest BCUT2D eigenvalue weighted by Gasteiger charge is 2.18. The van der Waals surface area contributed by atoms with Crippen molar-refractivity contribution in [3.05, 3.63) is 62.8 Å². The van der Waals surface area contributed by atoms with Gasteiger partial charge in [0, 0.05) is 31.3 Å². The second kappa shape index (κ2) is 8.36. The lowest BCUT2D eigenvalue weighted by atomic mass is 10.2. The minimum atomic E-state index is -0.484. The van der Waals surface area contributed by atoms with Crippen molar-refractivity contribution in [3.8, 4) is 0 Å². The van der Waals surface area contributed by atoms with E-state index in [1.54, 1.807) is 6.08 Å². The number of hydrogen-bond acceptors (Lipinski definition) is 6. The molecule has 0 fully saturated rings. The summed E-state index contributed by atoms with van der Waals surface area (Å²) in [6.07, 6.45) is 3.30.